The van der Waals surface area contributed by atoms with E-state index in [1.807, 2.05) is 0 Å². The van der Waals surface area contributed by atoms with Crippen LogP contribution in [0.15, 0.2) is 60.8 Å². The predicted octanol–water partition coefficient (Wildman–Crippen LogP) is 4.31. The van der Waals surface area contributed by atoms with E-state index in [2.05, 4.69) is 21.3 Å². The molecule has 1 aromatic heterocycles. The molecule has 0 spiro atoms. The fourth-order valence-corrected chi connectivity index (χ4v) is 5.27. The Labute approximate surface area is 237 Å². The highest BCUT2D eigenvalue weighted by molar-refractivity contribution is 5.96. The lowest BCUT2D eigenvalue weighted by atomic mass is 10.0. The maximum atomic E-state index is 13.5. The molecule has 2 aromatic carbocycles. The number of carbonyl (C=O) groups excluding carboxylic acids is 2. The van der Waals surface area contributed by atoms with Gasteiger partial charge >= 0.3 is 0 Å². The second-order valence-corrected chi connectivity index (χ2v) is 10.5. The molecule has 0 radical (unpaired) electrons. The largest absolute Gasteiger partial charge is 0.490 e. The summed E-state index contributed by atoms with van der Waals surface area (Å²) in [4.78, 5) is 33.9. The SMILES string of the molecule is N#Cc1ccc(OC2CCN(C(=O)c3ccc(C(=O)NC4CCN(Cc5cc(F)cc(F)c5)CC4)nc3)CC2)cc1. The molecule has 2 fully saturated rings. The van der Waals surface area contributed by atoms with Crippen LogP contribution in [0.1, 0.15) is 57.7 Å². The quantitative estimate of drug-likeness (QED) is 0.463. The summed E-state index contributed by atoms with van der Waals surface area (Å²) in [5.74, 6) is -0.893. The Morgan fingerprint density at radius 2 is 1.63 bits per heavy atom. The van der Waals surface area contributed by atoms with E-state index in [0.717, 1.165) is 6.07 Å². The summed E-state index contributed by atoms with van der Waals surface area (Å²) in [6.07, 6.45) is 4.25. The summed E-state index contributed by atoms with van der Waals surface area (Å²) in [6, 6.07) is 15.8. The number of carbonyl (C=O) groups is 2. The van der Waals surface area contributed by atoms with E-state index in [4.69, 9.17) is 10.00 Å². The number of halogens is 2. The number of hydrogen-bond donors (Lipinski definition) is 1. The zero-order chi connectivity index (χ0) is 28.8. The monoisotopic (exact) mass is 559 g/mol. The molecule has 41 heavy (non-hydrogen) atoms. The van der Waals surface area contributed by atoms with E-state index in [1.54, 1.807) is 41.3 Å². The van der Waals surface area contributed by atoms with Gasteiger partial charge in [0.1, 0.15) is 29.2 Å². The van der Waals surface area contributed by atoms with E-state index in [9.17, 15) is 18.4 Å². The first kappa shape index (κ1) is 28.2. The number of pyridine rings is 1. The van der Waals surface area contributed by atoms with Crippen molar-refractivity contribution in [3.05, 3.63) is 94.8 Å². The van der Waals surface area contributed by atoms with Gasteiger partial charge in [0.15, 0.2) is 0 Å². The van der Waals surface area contributed by atoms with Crippen LogP contribution in [0.3, 0.4) is 0 Å². The molecule has 0 saturated carbocycles. The fraction of sp³-hybridized carbons (Fsp3) is 0.355. The first-order valence-electron chi connectivity index (χ1n) is 13.8. The molecular weight excluding hydrogens is 528 g/mol. The van der Waals surface area contributed by atoms with E-state index >= 15 is 0 Å². The van der Waals surface area contributed by atoms with Gasteiger partial charge in [-0.05, 0) is 66.9 Å². The number of ether oxygens (including phenoxy) is 1. The molecule has 2 saturated heterocycles. The highest BCUT2D eigenvalue weighted by atomic mass is 19.1. The molecule has 1 N–H and O–H groups in total. The van der Waals surface area contributed by atoms with Crippen molar-refractivity contribution in [3.63, 3.8) is 0 Å². The number of aromatic nitrogens is 1. The van der Waals surface area contributed by atoms with Gasteiger partial charge in [0, 0.05) is 63.9 Å². The summed E-state index contributed by atoms with van der Waals surface area (Å²) in [5, 5.41) is 11.9. The molecule has 10 heteroatoms. The normalized spacial score (nSPS) is 16.7. The van der Waals surface area contributed by atoms with Crippen molar-refractivity contribution in [1.29, 1.82) is 5.26 Å². The van der Waals surface area contributed by atoms with Gasteiger partial charge in [0.05, 0.1) is 17.2 Å². The predicted molar refractivity (Wildman–Crippen MR) is 147 cm³/mol. The van der Waals surface area contributed by atoms with Gasteiger partial charge in [-0.3, -0.25) is 19.5 Å². The second kappa shape index (κ2) is 12.9. The van der Waals surface area contributed by atoms with Gasteiger partial charge in [-0.1, -0.05) is 0 Å². The van der Waals surface area contributed by atoms with Crippen LogP contribution in [0.4, 0.5) is 8.78 Å². The van der Waals surface area contributed by atoms with Crippen molar-refractivity contribution >= 4 is 11.8 Å². The number of likely N-dealkylation sites (tertiary alicyclic amines) is 2. The third-order valence-corrected chi connectivity index (χ3v) is 7.51. The van der Waals surface area contributed by atoms with Crippen molar-refractivity contribution < 1.29 is 23.1 Å². The first-order valence-corrected chi connectivity index (χ1v) is 13.8. The number of nitriles is 1. The molecule has 5 rings (SSSR count). The highest BCUT2D eigenvalue weighted by Crippen LogP contribution is 2.21. The van der Waals surface area contributed by atoms with E-state index in [0.29, 0.717) is 80.8 Å². The Balaban J connectivity index is 1.06. The topological polar surface area (TPSA) is 98.6 Å². The minimum atomic E-state index is -0.586. The van der Waals surface area contributed by atoms with Gasteiger partial charge in [-0.2, -0.15) is 5.26 Å². The number of benzene rings is 2. The molecule has 3 heterocycles. The van der Waals surface area contributed by atoms with Crippen LogP contribution in [-0.2, 0) is 6.54 Å². The first-order chi connectivity index (χ1) is 19.9. The Hall–Kier alpha value is -4.36. The molecule has 0 bridgehead atoms. The third-order valence-electron chi connectivity index (χ3n) is 7.51. The van der Waals surface area contributed by atoms with Gasteiger partial charge < -0.3 is 15.0 Å². The number of rotatable bonds is 7. The Bertz CT molecular complexity index is 1390. The number of piperidine rings is 2. The van der Waals surface area contributed by atoms with Gasteiger partial charge in [-0.15, -0.1) is 0 Å². The maximum Gasteiger partial charge on any atom is 0.270 e. The molecule has 2 aliphatic heterocycles. The van der Waals surface area contributed by atoms with Crippen molar-refractivity contribution in [2.45, 2.75) is 44.4 Å². The molecule has 212 valence electrons. The zero-order valence-corrected chi connectivity index (χ0v) is 22.6. The minimum Gasteiger partial charge on any atom is -0.490 e. The van der Waals surface area contributed by atoms with Crippen molar-refractivity contribution in [1.82, 2.24) is 20.1 Å². The Morgan fingerprint density at radius 1 is 0.951 bits per heavy atom. The van der Waals surface area contributed by atoms with Crippen LogP contribution in [0.25, 0.3) is 0 Å². The van der Waals surface area contributed by atoms with Crippen LogP contribution in [0, 0.1) is 23.0 Å². The number of amides is 2. The number of nitrogens with one attached hydrogen (secondary N) is 1. The van der Waals surface area contributed by atoms with E-state index < -0.39 is 11.6 Å². The summed E-state index contributed by atoms with van der Waals surface area (Å²) < 4.78 is 32.9. The average molecular weight is 560 g/mol. The lowest BCUT2D eigenvalue weighted by Gasteiger charge is -2.32. The lowest BCUT2D eigenvalue weighted by molar-refractivity contribution is 0.0594. The van der Waals surface area contributed by atoms with Crippen LogP contribution < -0.4 is 10.1 Å². The van der Waals surface area contributed by atoms with Crippen molar-refractivity contribution in [3.8, 4) is 11.8 Å². The Kier molecular flexibility index (Phi) is 8.85. The summed E-state index contributed by atoms with van der Waals surface area (Å²) >= 11 is 0. The van der Waals surface area contributed by atoms with Crippen LogP contribution >= 0.6 is 0 Å². The molecule has 0 aliphatic carbocycles. The fourth-order valence-electron chi connectivity index (χ4n) is 5.27. The number of hydrogen-bond acceptors (Lipinski definition) is 6. The van der Waals surface area contributed by atoms with Crippen LogP contribution in [-0.4, -0.2) is 64.9 Å². The van der Waals surface area contributed by atoms with E-state index in [1.165, 1.54) is 18.3 Å². The van der Waals surface area contributed by atoms with E-state index in [-0.39, 0.29) is 29.7 Å². The molecular formula is C31H31F2N5O3. The Morgan fingerprint density at radius 3 is 2.24 bits per heavy atom. The molecule has 2 amide bonds. The summed E-state index contributed by atoms with van der Waals surface area (Å²) in [7, 11) is 0. The third kappa shape index (κ3) is 7.44. The van der Waals surface area contributed by atoms with Gasteiger partial charge in [-0.25, -0.2) is 8.78 Å². The standard InChI is InChI=1S/C31H31F2N5O3/c32-24-15-22(16-25(33)17-24)20-37-11-7-26(8-12-37)36-30(39)29-6-3-23(19-35-29)31(40)38-13-9-28(10-14-38)41-27-4-1-21(18-34)2-5-27/h1-6,15-17,19,26,28H,7-14,20H2,(H,36,39). The zero-order valence-electron chi connectivity index (χ0n) is 22.6. The molecule has 8 nitrogen and oxygen atoms in total. The number of nitrogens with zero attached hydrogens (tertiary/aromatic N) is 4. The molecule has 0 atom stereocenters. The molecule has 0 unspecified atom stereocenters. The minimum absolute atomic E-state index is 0.00705. The molecule has 3 aromatic rings. The van der Waals surface area contributed by atoms with Crippen molar-refractivity contribution in [2.75, 3.05) is 26.2 Å². The summed E-state index contributed by atoms with van der Waals surface area (Å²) in [5.41, 5.74) is 1.84. The summed E-state index contributed by atoms with van der Waals surface area (Å²) in [6.45, 7) is 2.94. The highest BCUT2D eigenvalue weighted by Gasteiger charge is 2.26. The second-order valence-electron chi connectivity index (χ2n) is 10.5. The van der Waals surface area contributed by atoms with Gasteiger partial charge in [0.2, 0.25) is 0 Å². The van der Waals surface area contributed by atoms with Crippen LogP contribution in [0.5, 0.6) is 5.75 Å². The maximum absolute atomic E-state index is 13.5. The van der Waals surface area contributed by atoms with Crippen molar-refractivity contribution in [2.24, 2.45) is 0 Å². The lowest BCUT2D eigenvalue weighted by Crippen LogP contribution is -2.44. The smallest absolute Gasteiger partial charge is 0.270 e. The van der Waals surface area contributed by atoms with Crippen LogP contribution in [0.2, 0.25) is 0 Å². The molecule has 2 aliphatic rings. The average Bonchev–Trinajstić information content (AvgIpc) is 2.98. The van der Waals surface area contributed by atoms with Gasteiger partial charge in [0.25, 0.3) is 11.8 Å².